The summed E-state index contributed by atoms with van der Waals surface area (Å²) in [4.78, 5) is 0. The summed E-state index contributed by atoms with van der Waals surface area (Å²) < 4.78 is 32.4. The Balaban J connectivity index is 2.14. The van der Waals surface area contributed by atoms with Gasteiger partial charge < -0.3 is 10.1 Å². The zero-order chi connectivity index (χ0) is 14.1. The Morgan fingerprint density at radius 2 is 1.90 bits per heavy atom. The molecule has 0 aromatic heterocycles. The lowest BCUT2D eigenvalue weighted by molar-refractivity contribution is 0.360. The summed E-state index contributed by atoms with van der Waals surface area (Å²) in [6.45, 7) is 1.68. The molecule has 2 aromatic carbocycles. The van der Waals surface area contributed by atoms with Crippen LogP contribution in [0.25, 0.3) is 11.1 Å². The molecule has 1 aliphatic rings. The molecule has 3 rings (SSSR count). The molecule has 104 valence electrons. The highest BCUT2D eigenvalue weighted by Gasteiger charge is 2.17. The van der Waals surface area contributed by atoms with Gasteiger partial charge in [-0.25, -0.2) is 8.78 Å². The number of ether oxygens (including phenoxy) is 1. The molecule has 0 unspecified atom stereocenters. The molecule has 20 heavy (non-hydrogen) atoms. The molecule has 1 aliphatic heterocycles. The van der Waals surface area contributed by atoms with Crippen LogP contribution in [0.3, 0.4) is 0 Å². The fraction of sp³-hybridized carbons (Fsp3) is 0.250. The topological polar surface area (TPSA) is 21.3 Å². The van der Waals surface area contributed by atoms with Crippen molar-refractivity contribution in [2.45, 2.75) is 13.0 Å². The maximum absolute atomic E-state index is 13.9. The van der Waals surface area contributed by atoms with E-state index >= 15 is 0 Å². The van der Waals surface area contributed by atoms with Crippen molar-refractivity contribution < 1.29 is 13.5 Å². The van der Waals surface area contributed by atoms with Crippen LogP contribution in [-0.4, -0.2) is 13.7 Å². The van der Waals surface area contributed by atoms with Gasteiger partial charge in [-0.05, 0) is 47.4 Å². The number of rotatable bonds is 2. The molecule has 0 spiro atoms. The fourth-order valence-corrected chi connectivity index (χ4v) is 2.71. The van der Waals surface area contributed by atoms with Gasteiger partial charge in [0.25, 0.3) is 0 Å². The first-order valence-electron chi connectivity index (χ1n) is 6.55. The molecule has 2 nitrogen and oxygen atoms in total. The highest BCUT2D eigenvalue weighted by atomic mass is 19.1. The van der Waals surface area contributed by atoms with E-state index in [0.717, 1.165) is 30.6 Å². The number of benzene rings is 2. The van der Waals surface area contributed by atoms with Crippen LogP contribution in [0.1, 0.15) is 11.1 Å². The summed E-state index contributed by atoms with van der Waals surface area (Å²) in [7, 11) is 1.26. The molecule has 0 aliphatic carbocycles. The molecule has 0 amide bonds. The highest BCUT2D eigenvalue weighted by molar-refractivity contribution is 5.70. The van der Waals surface area contributed by atoms with E-state index < -0.39 is 11.6 Å². The molecule has 0 bridgehead atoms. The van der Waals surface area contributed by atoms with Gasteiger partial charge in [0.05, 0.1) is 7.11 Å². The molecule has 1 N–H and O–H groups in total. The summed E-state index contributed by atoms with van der Waals surface area (Å²) in [5, 5.41) is 3.29. The molecular formula is C16H15F2NO. The maximum atomic E-state index is 13.9. The van der Waals surface area contributed by atoms with Crippen molar-refractivity contribution >= 4 is 0 Å². The molecule has 0 saturated carbocycles. The molecular weight excluding hydrogens is 260 g/mol. The Bertz CT molecular complexity index is 632. The first-order chi connectivity index (χ1) is 9.70. The first-order valence-corrected chi connectivity index (χ1v) is 6.55. The average Bonchev–Trinajstić information content (AvgIpc) is 2.46. The Morgan fingerprint density at radius 1 is 1.15 bits per heavy atom. The minimum absolute atomic E-state index is 0.333. The van der Waals surface area contributed by atoms with Crippen LogP contribution in [0.2, 0.25) is 0 Å². The van der Waals surface area contributed by atoms with Gasteiger partial charge in [-0.15, -0.1) is 0 Å². The van der Waals surface area contributed by atoms with Gasteiger partial charge in [-0.2, -0.15) is 0 Å². The van der Waals surface area contributed by atoms with Crippen LogP contribution in [0.5, 0.6) is 5.75 Å². The van der Waals surface area contributed by atoms with Crippen LogP contribution < -0.4 is 10.1 Å². The number of halogens is 2. The predicted octanol–water partition coefficient (Wildman–Crippen LogP) is 3.29. The number of hydrogen-bond donors (Lipinski definition) is 1. The van der Waals surface area contributed by atoms with Gasteiger partial charge in [0.1, 0.15) is 0 Å². The number of fused-ring (bicyclic) bond motifs is 1. The van der Waals surface area contributed by atoms with Gasteiger partial charge in [0.2, 0.25) is 0 Å². The second-order valence-corrected chi connectivity index (χ2v) is 4.84. The predicted molar refractivity (Wildman–Crippen MR) is 73.8 cm³/mol. The van der Waals surface area contributed by atoms with Crippen molar-refractivity contribution in [3.05, 3.63) is 53.1 Å². The Hall–Kier alpha value is -1.94. The zero-order valence-corrected chi connectivity index (χ0v) is 11.2. The SMILES string of the molecule is COc1c(F)cc(-c2cccc3c2CCNC3)cc1F. The summed E-state index contributed by atoms with van der Waals surface area (Å²) >= 11 is 0. The molecule has 2 aromatic rings. The van der Waals surface area contributed by atoms with E-state index in [1.54, 1.807) is 0 Å². The van der Waals surface area contributed by atoms with Crippen molar-refractivity contribution in [3.63, 3.8) is 0 Å². The smallest absolute Gasteiger partial charge is 0.190 e. The quantitative estimate of drug-likeness (QED) is 0.908. The Kier molecular flexibility index (Phi) is 3.40. The van der Waals surface area contributed by atoms with Crippen molar-refractivity contribution in [2.24, 2.45) is 0 Å². The van der Waals surface area contributed by atoms with E-state index in [2.05, 4.69) is 5.32 Å². The molecule has 0 fully saturated rings. The third kappa shape index (κ3) is 2.16. The van der Waals surface area contributed by atoms with E-state index in [4.69, 9.17) is 4.74 Å². The molecule has 1 heterocycles. The van der Waals surface area contributed by atoms with Crippen LogP contribution in [-0.2, 0) is 13.0 Å². The lowest BCUT2D eigenvalue weighted by atomic mass is 9.91. The third-order valence-corrected chi connectivity index (χ3v) is 3.65. The summed E-state index contributed by atoms with van der Waals surface area (Å²) in [5.41, 5.74) is 3.80. The minimum Gasteiger partial charge on any atom is -0.491 e. The van der Waals surface area contributed by atoms with E-state index in [-0.39, 0.29) is 5.75 Å². The minimum atomic E-state index is -0.672. The zero-order valence-electron chi connectivity index (χ0n) is 11.2. The van der Waals surface area contributed by atoms with E-state index in [1.165, 1.54) is 24.8 Å². The van der Waals surface area contributed by atoms with Crippen molar-refractivity contribution in [2.75, 3.05) is 13.7 Å². The van der Waals surface area contributed by atoms with E-state index in [0.29, 0.717) is 5.56 Å². The van der Waals surface area contributed by atoms with Crippen LogP contribution in [0.4, 0.5) is 8.78 Å². The first kappa shape index (κ1) is 13.1. The van der Waals surface area contributed by atoms with Crippen LogP contribution in [0.15, 0.2) is 30.3 Å². The Morgan fingerprint density at radius 3 is 2.60 bits per heavy atom. The van der Waals surface area contributed by atoms with Crippen LogP contribution in [0, 0.1) is 11.6 Å². The normalized spacial score (nSPS) is 13.9. The lowest BCUT2D eigenvalue weighted by Gasteiger charge is -2.20. The van der Waals surface area contributed by atoms with E-state index in [1.807, 2.05) is 18.2 Å². The van der Waals surface area contributed by atoms with Crippen molar-refractivity contribution in [1.82, 2.24) is 5.32 Å². The molecule has 0 saturated heterocycles. The van der Waals surface area contributed by atoms with Crippen LogP contribution >= 0.6 is 0 Å². The van der Waals surface area contributed by atoms with Gasteiger partial charge in [-0.3, -0.25) is 0 Å². The molecule has 0 atom stereocenters. The van der Waals surface area contributed by atoms with Gasteiger partial charge in [0, 0.05) is 6.54 Å². The van der Waals surface area contributed by atoms with Gasteiger partial charge in [0.15, 0.2) is 17.4 Å². The number of methoxy groups -OCH3 is 1. The van der Waals surface area contributed by atoms with E-state index in [9.17, 15) is 8.78 Å². The number of hydrogen-bond acceptors (Lipinski definition) is 2. The lowest BCUT2D eigenvalue weighted by Crippen LogP contribution is -2.24. The van der Waals surface area contributed by atoms with Crippen molar-refractivity contribution in [1.29, 1.82) is 0 Å². The van der Waals surface area contributed by atoms with Gasteiger partial charge >= 0.3 is 0 Å². The summed E-state index contributed by atoms with van der Waals surface area (Å²) in [5.74, 6) is -1.68. The Labute approximate surface area is 116 Å². The summed E-state index contributed by atoms with van der Waals surface area (Å²) in [6.07, 6.45) is 0.862. The largest absolute Gasteiger partial charge is 0.491 e. The van der Waals surface area contributed by atoms with Crippen molar-refractivity contribution in [3.8, 4) is 16.9 Å². The highest BCUT2D eigenvalue weighted by Crippen LogP contribution is 2.32. The monoisotopic (exact) mass is 275 g/mol. The maximum Gasteiger partial charge on any atom is 0.190 e. The number of nitrogens with one attached hydrogen (secondary N) is 1. The third-order valence-electron chi connectivity index (χ3n) is 3.65. The second-order valence-electron chi connectivity index (χ2n) is 4.84. The standard InChI is InChI=1S/C16H15F2NO/c1-20-16-14(17)7-11(8-15(16)18)12-4-2-3-10-9-19-6-5-13(10)12/h2-4,7-8,19H,5-6,9H2,1H3. The average molecular weight is 275 g/mol. The second kappa shape index (κ2) is 5.21. The fourth-order valence-electron chi connectivity index (χ4n) is 2.71. The molecule has 0 radical (unpaired) electrons. The summed E-state index contributed by atoms with van der Waals surface area (Å²) in [6, 6.07) is 8.53. The molecule has 4 heteroatoms. The van der Waals surface area contributed by atoms with Gasteiger partial charge in [-0.1, -0.05) is 18.2 Å².